The maximum Gasteiger partial charge on any atom is 0.225 e. The first-order valence-electron chi connectivity index (χ1n) is 8.68. The first kappa shape index (κ1) is 17.5. The molecule has 0 N–H and O–H groups in total. The molecule has 0 spiro atoms. The van der Waals surface area contributed by atoms with E-state index >= 15 is 0 Å². The molecule has 1 fully saturated rings. The van der Waals surface area contributed by atoms with Crippen molar-refractivity contribution < 1.29 is 14.3 Å². The van der Waals surface area contributed by atoms with Crippen molar-refractivity contribution in [3.05, 3.63) is 64.6 Å². The van der Waals surface area contributed by atoms with Gasteiger partial charge in [-0.05, 0) is 36.4 Å². The summed E-state index contributed by atoms with van der Waals surface area (Å²) in [5, 5.41) is -0.0379. The number of anilines is 1. The summed E-state index contributed by atoms with van der Waals surface area (Å²) in [5.41, 5.74) is 1.83. The van der Waals surface area contributed by atoms with E-state index in [0.29, 0.717) is 18.7 Å². The Balaban J connectivity index is 1.53. The summed E-state index contributed by atoms with van der Waals surface area (Å²) in [6.45, 7) is 2.65. The van der Waals surface area contributed by atoms with Gasteiger partial charge in [-0.2, -0.15) is 0 Å². The van der Waals surface area contributed by atoms with Crippen LogP contribution >= 0.6 is 11.6 Å². The molecule has 1 aromatic heterocycles. The summed E-state index contributed by atoms with van der Waals surface area (Å²) in [6.07, 6.45) is 1.49. The number of carbonyl (C=O) groups is 2. The van der Waals surface area contributed by atoms with Crippen molar-refractivity contribution in [1.82, 2.24) is 9.88 Å². The molecular formula is C20H18ClN3O3. The highest BCUT2D eigenvalue weighted by Crippen LogP contribution is 2.30. The van der Waals surface area contributed by atoms with Crippen LogP contribution in [0.4, 0.5) is 5.69 Å². The number of Topliss-reactive ketones (excluding diaryl/α,β-unsaturated/α-hetero) is 2. The van der Waals surface area contributed by atoms with Crippen LogP contribution in [0.3, 0.4) is 0 Å². The van der Waals surface area contributed by atoms with Crippen LogP contribution in [-0.2, 0) is 0 Å². The molecule has 0 bridgehead atoms. The van der Waals surface area contributed by atoms with Crippen molar-refractivity contribution in [3.8, 4) is 5.75 Å². The largest absolute Gasteiger partial charge is 0.497 e. The van der Waals surface area contributed by atoms with Crippen LogP contribution in [0.15, 0.2) is 53.3 Å². The van der Waals surface area contributed by atoms with E-state index < -0.39 is 0 Å². The van der Waals surface area contributed by atoms with Crippen molar-refractivity contribution in [2.24, 2.45) is 0 Å². The van der Waals surface area contributed by atoms with E-state index in [9.17, 15) is 9.59 Å². The Morgan fingerprint density at radius 1 is 0.963 bits per heavy atom. The second-order valence-corrected chi connectivity index (χ2v) is 6.77. The Hall–Kier alpha value is -2.86. The van der Waals surface area contributed by atoms with Gasteiger partial charge in [0.15, 0.2) is 0 Å². The molecule has 1 aliphatic carbocycles. The van der Waals surface area contributed by atoms with Crippen LogP contribution in [0.25, 0.3) is 0 Å². The number of allylic oxidation sites excluding steroid dienone is 2. The number of methoxy groups -OCH3 is 1. The molecule has 4 rings (SSSR count). The smallest absolute Gasteiger partial charge is 0.225 e. The van der Waals surface area contributed by atoms with Crippen LogP contribution in [0, 0.1) is 0 Å². The molecular weight excluding hydrogens is 366 g/mol. The van der Waals surface area contributed by atoms with E-state index in [1.807, 2.05) is 29.2 Å². The highest BCUT2D eigenvalue weighted by molar-refractivity contribution is 6.49. The van der Waals surface area contributed by atoms with Gasteiger partial charge < -0.3 is 14.5 Å². The van der Waals surface area contributed by atoms with Crippen molar-refractivity contribution in [1.29, 1.82) is 0 Å². The number of hydrogen-bond donors (Lipinski definition) is 0. The molecule has 7 heteroatoms. The lowest BCUT2D eigenvalue weighted by Crippen LogP contribution is -2.48. The molecule has 138 valence electrons. The Labute approximate surface area is 162 Å². The number of pyridine rings is 1. The first-order chi connectivity index (χ1) is 13.1. The third-order valence-corrected chi connectivity index (χ3v) is 5.27. The molecule has 0 unspecified atom stereocenters. The number of aromatic nitrogens is 1. The van der Waals surface area contributed by atoms with E-state index in [2.05, 4.69) is 9.88 Å². The lowest BCUT2D eigenvalue weighted by Gasteiger charge is -2.39. The molecule has 2 heterocycles. The van der Waals surface area contributed by atoms with E-state index in [1.165, 1.54) is 6.20 Å². The van der Waals surface area contributed by atoms with Crippen LogP contribution < -0.4 is 9.64 Å². The molecule has 0 radical (unpaired) electrons. The second-order valence-electron chi connectivity index (χ2n) is 6.39. The fraction of sp³-hybridized carbons (Fsp3) is 0.250. The molecule has 2 aliphatic rings. The predicted octanol–water partition coefficient (Wildman–Crippen LogP) is 2.74. The Morgan fingerprint density at radius 2 is 1.63 bits per heavy atom. The van der Waals surface area contributed by atoms with Crippen molar-refractivity contribution in [3.63, 3.8) is 0 Å². The van der Waals surface area contributed by atoms with Gasteiger partial charge >= 0.3 is 0 Å². The van der Waals surface area contributed by atoms with Crippen molar-refractivity contribution >= 4 is 28.9 Å². The average molecular weight is 384 g/mol. The fourth-order valence-corrected chi connectivity index (χ4v) is 3.77. The summed E-state index contributed by atoms with van der Waals surface area (Å²) in [4.78, 5) is 33.6. The number of fused-ring (bicyclic) bond motifs is 1. The zero-order valence-electron chi connectivity index (χ0n) is 14.8. The number of benzene rings is 1. The van der Waals surface area contributed by atoms with Crippen molar-refractivity contribution in [2.45, 2.75) is 0 Å². The number of hydrogen-bond acceptors (Lipinski definition) is 6. The van der Waals surface area contributed by atoms with Gasteiger partial charge in [-0.3, -0.25) is 14.6 Å². The van der Waals surface area contributed by atoms with Gasteiger partial charge in [-0.1, -0.05) is 11.6 Å². The van der Waals surface area contributed by atoms with Crippen LogP contribution in [0.2, 0.25) is 0 Å². The molecule has 1 saturated heterocycles. The number of halogens is 1. The monoisotopic (exact) mass is 383 g/mol. The maximum absolute atomic E-state index is 12.9. The van der Waals surface area contributed by atoms with Crippen LogP contribution in [0.1, 0.15) is 20.8 Å². The average Bonchev–Trinajstić information content (AvgIpc) is 2.73. The highest BCUT2D eigenvalue weighted by atomic mass is 35.5. The van der Waals surface area contributed by atoms with Gasteiger partial charge in [-0.25, -0.2) is 0 Å². The van der Waals surface area contributed by atoms with Crippen LogP contribution in [-0.4, -0.2) is 54.7 Å². The molecule has 0 amide bonds. The Bertz CT molecular complexity index is 932. The van der Waals surface area contributed by atoms with Gasteiger partial charge in [0.2, 0.25) is 11.6 Å². The second kappa shape index (κ2) is 7.04. The topological polar surface area (TPSA) is 62.7 Å². The first-order valence-corrected chi connectivity index (χ1v) is 9.06. The lowest BCUT2D eigenvalue weighted by atomic mass is 9.95. The van der Waals surface area contributed by atoms with E-state index in [4.69, 9.17) is 16.3 Å². The zero-order valence-corrected chi connectivity index (χ0v) is 15.6. The molecule has 0 atom stereocenters. The molecule has 1 aromatic carbocycles. The van der Waals surface area contributed by atoms with Gasteiger partial charge in [0.1, 0.15) is 22.2 Å². The SMILES string of the molecule is COc1ccc(N2CCN(C3=C(Cl)C(=O)c4ncccc4C3=O)CC2)cc1. The minimum absolute atomic E-state index is 0.0379. The molecule has 1 aliphatic heterocycles. The van der Waals surface area contributed by atoms with Crippen molar-refractivity contribution in [2.75, 3.05) is 38.2 Å². The normalized spacial score (nSPS) is 17.3. The van der Waals surface area contributed by atoms with E-state index in [0.717, 1.165) is 24.5 Å². The number of ether oxygens (including phenoxy) is 1. The lowest BCUT2D eigenvalue weighted by molar-refractivity contribution is 0.0942. The third kappa shape index (κ3) is 3.06. The summed E-state index contributed by atoms with van der Waals surface area (Å²) in [7, 11) is 1.64. The number of carbonyl (C=O) groups excluding carboxylic acids is 2. The molecule has 6 nitrogen and oxygen atoms in total. The number of piperazine rings is 1. The highest BCUT2D eigenvalue weighted by Gasteiger charge is 2.36. The van der Waals surface area contributed by atoms with Crippen LogP contribution in [0.5, 0.6) is 5.75 Å². The quantitative estimate of drug-likeness (QED) is 0.812. The summed E-state index contributed by atoms with van der Waals surface area (Å²) in [6, 6.07) is 11.2. The number of nitrogens with zero attached hydrogens (tertiary/aromatic N) is 3. The predicted molar refractivity (Wildman–Crippen MR) is 103 cm³/mol. The third-order valence-electron chi connectivity index (χ3n) is 4.92. The van der Waals surface area contributed by atoms with Gasteiger partial charge in [0.05, 0.1) is 12.7 Å². The Kier molecular flexibility index (Phi) is 4.58. The maximum atomic E-state index is 12.9. The van der Waals surface area contributed by atoms with E-state index in [1.54, 1.807) is 19.2 Å². The van der Waals surface area contributed by atoms with E-state index in [-0.39, 0.29) is 28.0 Å². The number of rotatable bonds is 3. The molecule has 27 heavy (non-hydrogen) atoms. The van der Waals surface area contributed by atoms with Gasteiger partial charge in [0.25, 0.3) is 0 Å². The summed E-state index contributed by atoms with van der Waals surface area (Å²) in [5.74, 6) is 0.188. The fourth-order valence-electron chi connectivity index (χ4n) is 3.47. The van der Waals surface area contributed by atoms with Gasteiger partial charge in [0, 0.05) is 38.1 Å². The Morgan fingerprint density at radius 3 is 2.30 bits per heavy atom. The van der Waals surface area contributed by atoms with Gasteiger partial charge in [-0.15, -0.1) is 0 Å². The minimum atomic E-state index is -0.389. The molecule has 0 saturated carbocycles. The summed E-state index contributed by atoms with van der Waals surface area (Å²) < 4.78 is 5.19. The number of ketones is 2. The molecule has 2 aromatic rings. The minimum Gasteiger partial charge on any atom is -0.497 e. The zero-order chi connectivity index (χ0) is 19.0. The standard InChI is InChI=1S/C20H18ClN3O3/c1-27-14-6-4-13(5-7-14)23-9-11-24(12-10-23)18-16(21)20(26)17-15(19(18)25)3-2-8-22-17/h2-8H,9-12H2,1H3. The summed E-state index contributed by atoms with van der Waals surface area (Å²) >= 11 is 6.28.